The van der Waals surface area contributed by atoms with Crippen molar-refractivity contribution in [2.24, 2.45) is 0 Å². The molecule has 5 nitrogen and oxygen atoms in total. The SMILES string of the molecule is Cl.O=[N+]([O-])c1ccc([C@@H]2COCCN2)s1. The molecular formula is C8H11ClN2O3S. The van der Waals surface area contributed by atoms with E-state index in [1.165, 1.54) is 17.4 Å². The number of hydrogen-bond donors (Lipinski definition) is 1. The lowest BCUT2D eigenvalue weighted by molar-refractivity contribution is -0.380. The van der Waals surface area contributed by atoms with Gasteiger partial charge in [-0.2, -0.15) is 0 Å². The fourth-order valence-corrected chi connectivity index (χ4v) is 2.26. The lowest BCUT2D eigenvalue weighted by Gasteiger charge is -2.22. The molecule has 2 heterocycles. The average molecular weight is 251 g/mol. The molecule has 0 amide bonds. The number of nitrogens with one attached hydrogen (secondary N) is 1. The topological polar surface area (TPSA) is 64.4 Å². The van der Waals surface area contributed by atoms with Crippen LogP contribution in [0.1, 0.15) is 10.9 Å². The zero-order valence-corrected chi connectivity index (χ0v) is 9.47. The van der Waals surface area contributed by atoms with E-state index >= 15 is 0 Å². The van der Waals surface area contributed by atoms with Gasteiger partial charge in [-0.25, -0.2) is 0 Å². The summed E-state index contributed by atoms with van der Waals surface area (Å²) in [6.45, 7) is 2.11. The average Bonchev–Trinajstić information content (AvgIpc) is 2.68. The minimum Gasteiger partial charge on any atom is -0.378 e. The molecule has 1 aromatic heterocycles. The summed E-state index contributed by atoms with van der Waals surface area (Å²) in [5.74, 6) is 0. The fraction of sp³-hybridized carbons (Fsp3) is 0.500. The summed E-state index contributed by atoms with van der Waals surface area (Å²) in [6.07, 6.45) is 0. The van der Waals surface area contributed by atoms with Crippen LogP contribution in [-0.4, -0.2) is 24.7 Å². The second-order valence-electron chi connectivity index (χ2n) is 3.01. The molecule has 1 fully saturated rings. The van der Waals surface area contributed by atoms with Crippen LogP contribution in [0, 0.1) is 10.1 Å². The first kappa shape index (κ1) is 12.4. The van der Waals surface area contributed by atoms with Gasteiger partial charge in [0.2, 0.25) is 0 Å². The minimum atomic E-state index is -0.363. The van der Waals surface area contributed by atoms with Gasteiger partial charge in [-0.1, -0.05) is 11.3 Å². The highest BCUT2D eigenvalue weighted by Gasteiger charge is 2.19. The van der Waals surface area contributed by atoms with Gasteiger partial charge in [-0.15, -0.1) is 12.4 Å². The van der Waals surface area contributed by atoms with Crippen molar-refractivity contribution in [2.45, 2.75) is 6.04 Å². The van der Waals surface area contributed by atoms with Crippen LogP contribution >= 0.6 is 23.7 Å². The van der Waals surface area contributed by atoms with Gasteiger partial charge in [-0.3, -0.25) is 10.1 Å². The number of hydrogen-bond acceptors (Lipinski definition) is 5. The third-order valence-electron chi connectivity index (χ3n) is 2.06. The highest BCUT2D eigenvalue weighted by molar-refractivity contribution is 7.15. The quantitative estimate of drug-likeness (QED) is 0.641. The largest absolute Gasteiger partial charge is 0.378 e. The van der Waals surface area contributed by atoms with E-state index in [9.17, 15) is 10.1 Å². The molecule has 0 unspecified atom stereocenters. The molecule has 1 aromatic rings. The molecule has 1 saturated heterocycles. The van der Waals surface area contributed by atoms with Gasteiger partial charge >= 0.3 is 5.00 Å². The van der Waals surface area contributed by atoms with E-state index in [4.69, 9.17) is 4.74 Å². The molecule has 15 heavy (non-hydrogen) atoms. The zero-order chi connectivity index (χ0) is 9.97. The third kappa shape index (κ3) is 2.88. The van der Waals surface area contributed by atoms with Crippen LogP contribution in [0.5, 0.6) is 0 Å². The summed E-state index contributed by atoms with van der Waals surface area (Å²) < 4.78 is 5.28. The molecule has 1 N–H and O–H groups in total. The molecule has 0 saturated carbocycles. The number of thiophene rings is 1. The van der Waals surface area contributed by atoms with Crippen molar-refractivity contribution in [1.82, 2.24) is 5.32 Å². The molecule has 84 valence electrons. The monoisotopic (exact) mass is 250 g/mol. The van der Waals surface area contributed by atoms with E-state index in [0.717, 1.165) is 11.4 Å². The Morgan fingerprint density at radius 3 is 2.93 bits per heavy atom. The summed E-state index contributed by atoms with van der Waals surface area (Å²) >= 11 is 1.21. The number of morpholine rings is 1. The maximum Gasteiger partial charge on any atom is 0.324 e. The predicted molar refractivity (Wildman–Crippen MR) is 59.8 cm³/mol. The van der Waals surface area contributed by atoms with E-state index in [-0.39, 0.29) is 28.4 Å². The van der Waals surface area contributed by atoms with E-state index in [1.54, 1.807) is 6.07 Å². The first-order valence-electron chi connectivity index (χ1n) is 4.32. The second kappa shape index (κ2) is 5.41. The number of ether oxygens (including phenoxy) is 1. The first-order valence-corrected chi connectivity index (χ1v) is 5.14. The molecule has 0 spiro atoms. The fourth-order valence-electron chi connectivity index (χ4n) is 1.38. The minimum absolute atomic E-state index is 0. The van der Waals surface area contributed by atoms with E-state index in [2.05, 4.69) is 5.32 Å². The van der Waals surface area contributed by atoms with E-state index in [1.807, 2.05) is 0 Å². The Kier molecular flexibility index (Phi) is 4.46. The van der Waals surface area contributed by atoms with Crippen molar-refractivity contribution in [1.29, 1.82) is 0 Å². The van der Waals surface area contributed by atoms with E-state index < -0.39 is 0 Å². The van der Waals surface area contributed by atoms with Crippen molar-refractivity contribution in [3.05, 3.63) is 27.1 Å². The van der Waals surface area contributed by atoms with Gasteiger partial charge in [-0.05, 0) is 6.07 Å². The number of nitro groups is 1. The molecule has 0 bridgehead atoms. The van der Waals surface area contributed by atoms with Crippen LogP contribution in [0.2, 0.25) is 0 Å². The standard InChI is InChI=1S/C8H10N2O3S.ClH/c11-10(12)8-2-1-7(14-8)6-5-13-4-3-9-6;/h1-2,6,9H,3-5H2;1H/t6-;/m0./s1. The van der Waals surface area contributed by atoms with Crippen LogP contribution in [0.25, 0.3) is 0 Å². The second-order valence-corrected chi connectivity index (χ2v) is 4.11. The normalized spacial score (nSPS) is 20.7. The van der Waals surface area contributed by atoms with Gasteiger partial charge < -0.3 is 10.1 Å². The Bertz CT molecular complexity index is 338. The van der Waals surface area contributed by atoms with Crippen molar-refractivity contribution in [3.63, 3.8) is 0 Å². The van der Waals surface area contributed by atoms with Crippen LogP contribution < -0.4 is 5.32 Å². The van der Waals surface area contributed by atoms with Crippen LogP contribution in [-0.2, 0) is 4.74 Å². The first-order chi connectivity index (χ1) is 6.77. The highest BCUT2D eigenvalue weighted by atomic mass is 35.5. The Hall–Kier alpha value is -0.690. The molecule has 1 atom stereocenters. The van der Waals surface area contributed by atoms with Gasteiger partial charge in [0.25, 0.3) is 0 Å². The molecule has 1 aliphatic rings. The summed E-state index contributed by atoms with van der Waals surface area (Å²) in [6, 6.07) is 3.44. The number of nitrogens with zero attached hydrogens (tertiary/aromatic N) is 1. The van der Waals surface area contributed by atoms with Gasteiger partial charge in [0, 0.05) is 17.5 Å². The third-order valence-corrected chi connectivity index (χ3v) is 3.21. The molecule has 7 heteroatoms. The Balaban J connectivity index is 0.00000112. The Morgan fingerprint density at radius 1 is 1.60 bits per heavy atom. The lowest BCUT2D eigenvalue weighted by Crippen LogP contribution is -2.33. The summed E-state index contributed by atoms with van der Waals surface area (Å²) in [5, 5.41) is 13.9. The zero-order valence-electron chi connectivity index (χ0n) is 7.84. The molecule has 0 aliphatic carbocycles. The highest BCUT2D eigenvalue weighted by Crippen LogP contribution is 2.29. The molecule has 0 aromatic carbocycles. The van der Waals surface area contributed by atoms with Gasteiger partial charge in [0.15, 0.2) is 0 Å². The van der Waals surface area contributed by atoms with Gasteiger partial charge in [0.1, 0.15) is 0 Å². The van der Waals surface area contributed by atoms with Crippen molar-refractivity contribution in [3.8, 4) is 0 Å². The van der Waals surface area contributed by atoms with E-state index in [0.29, 0.717) is 13.2 Å². The lowest BCUT2D eigenvalue weighted by atomic mass is 10.2. The van der Waals surface area contributed by atoms with Crippen LogP contribution in [0.15, 0.2) is 12.1 Å². The maximum absolute atomic E-state index is 10.5. The summed E-state index contributed by atoms with van der Waals surface area (Å²) in [4.78, 5) is 11.1. The molecule has 1 aliphatic heterocycles. The van der Waals surface area contributed by atoms with Crippen LogP contribution in [0.4, 0.5) is 5.00 Å². The van der Waals surface area contributed by atoms with Crippen LogP contribution in [0.3, 0.4) is 0 Å². The van der Waals surface area contributed by atoms with Crippen molar-refractivity contribution in [2.75, 3.05) is 19.8 Å². The predicted octanol–water partition coefficient (Wildman–Crippen LogP) is 1.74. The Morgan fingerprint density at radius 2 is 2.40 bits per heavy atom. The maximum atomic E-state index is 10.5. The van der Waals surface area contributed by atoms with Crippen molar-refractivity contribution < 1.29 is 9.66 Å². The van der Waals surface area contributed by atoms with Crippen molar-refractivity contribution >= 4 is 28.7 Å². The molecule has 2 rings (SSSR count). The summed E-state index contributed by atoms with van der Waals surface area (Å²) in [5.41, 5.74) is 0. The summed E-state index contributed by atoms with van der Waals surface area (Å²) in [7, 11) is 0. The number of rotatable bonds is 2. The number of halogens is 1. The molecule has 0 radical (unpaired) electrons. The molecular weight excluding hydrogens is 240 g/mol. The smallest absolute Gasteiger partial charge is 0.324 e. The Labute approximate surface area is 97.0 Å². The van der Waals surface area contributed by atoms with Gasteiger partial charge in [0.05, 0.1) is 24.2 Å².